The monoisotopic (exact) mass is 305 g/mol. The molecule has 1 aromatic carbocycles. The van der Waals surface area contributed by atoms with Gasteiger partial charge in [0.2, 0.25) is 0 Å². The first-order chi connectivity index (χ1) is 9.94. The summed E-state index contributed by atoms with van der Waals surface area (Å²) in [4.78, 5) is 21.0. The smallest absolute Gasteiger partial charge is 0.272 e. The number of para-hydroxylation sites is 2. The number of benzene rings is 1. The van der Waals surface area contributed by atoms with Crippen LogP contribution < -0.4 is 5.32 Å². The normalized spacial score (nSPS) is 20.5. The van der Waals surface area contributed by atoms with Gasteiger partial charge in [0.1, 0.15) is 5.69 Å². The van der Waals surface area contributed by atoms with Gasteiger partial charge >= 0.3 is 0 Å². The van der Waals surface area contributed by atoms with Gasteiger partial charge in [0.25, 0.3) is 5.91 Å². The van der Waals surface area contributed by atoms with Crippen LogP contribution in [0, 0.1) is 6.92 Å². The minimum Gasteiger partial charge on any atom is -0.347 e. The molecule has 0 saturated carbocycles. The average molecular weight is 305 g/mol. The Balaban J connectivity index is 1.86. The Kier molecular flexibility index (Phi) is 3.36. The molecule has 1 unspecified atom stereocenters. The number of hydrogen-bond acceptors (Lipinski definition) is 5. The molecule has 0 aliphatic carbocycles. The summed E-state index contributed by atoms with van der Waals surface area (Å²) < 4.78 is 22.8. The second kappa shape index (κ2) is 5.07. The summed E-state index contributed by atoms with van der Waals surface area (Å²) in [7, 11) is -3.02. The molecule has 7 heteroatoms. The maximum Gasteiger partial charge on any atom is 0.272 e. The van der Waals surface area contributed by atoms with Crippen molar-refractivity contribution in [3.8, 4) is 0 Å². The molecule has 1 saturated heterocycles. The van der Waals surface area contributed by atoms with Crippen molar-refractivity contribution < 1.29 is 13.2 Å². The van der Waals surface area contributed by atoms with Crippen molar-refractivity contribution >= 4 is 26.8 Å². The van der Waals surface area contributed by atoms with Gasteiger partial charge in [-0.05, 0) is 25.5 Å². The van der Waals surface area contributed by atoms with Crippen LogP contribution in [-0.4, -0.2) is 41.8 Å². The van der Waals surface area contributed by atoms with Gasteiger partial charge in [-0.3, -0.25) is 4.79 Å². The lowest BCUT2D eigenvalue weighted by Gasteiger charge is -2.12. The molecule has 1 aliphatic heterocycles. The maximum absolute atomic E-state index is 12.3. The van der Waals surface area contributed by atoms with Gasteiger partial charge in [-0.15, -0.1) is 0 Å². The van der Waals surface area contributed by atoms with Gasteiger partial charge in [0, 0.05) is 6.04 Å². The number of carbonyl (C=O) groups excluding carboxylic acids is 1. The molecule has 1 fully saturated rings. The van der Waals surface area contributed by atoms with E-state index in [2.05, 4.69) is 15.3 Å². The number of sulfone groups is 1. The van der Waals surface area contributed by atoms with E-state index in [0.717, 1.165) is 5.52 Å². The lowest BCUT2D eigenvalue weighted by Crippen LogP contribution is -2.36. The van der Waals surface area contributed by atoms with Gasteiger partial charge in [0.15, 0.2) is 9.84 Å². The van der Waals surface area contributed by atoms with Crippen LogP contribution in [0.5, 0.6) is 0 Å². The van der Waals surface area contributed by atoms with Crippen molar-refractivity contribution in [2.75, 3.05) is 11.5 Å². The SMILES string of the molecule is Cc1nc2ccccc2nc1C(=O)NC1CCS(=O)(=O)C1. The lowest BCUT2D eigenvalue weighted by atomic mass is 10.2. The van der Waals surface area contributed by atoms with E-state index in [1.165, 1.54) is 0 Å². The van der Waals surface area contributed by atoms with Gasteiger partial charge in [-0.1, -0.05) is 12.1 Å². The fourth-order valence-electron chi connectivity index (χ4n) is 2.47. The number of amides is 1. The van der Waals surface area contributed by atoms with Crippen LogP contribution in [0.3, 0.4) is 0 Å². The number of rotatable bonds is 2. The number of aryl methyl sites for hydroxylation is 1. The van der Waals surface area contributed by atoms with E-state index in [1.54, 1.807) is 13.0 Å². The van der Waals surface area contributed by atoms with E-state index in [9.17, 15) is 13.2 Å². The first kappa shape index (κ1) is 13.9. The topological polar surface area (TPSA) is 89.0 Å². The molecule has 1 aromatic heterocycles. The summed E-state index contributed by atoms with van der Waals surface area (Å²) >= 11 is 0. The van der Waals surface area contributed by atoms with Crippen LogP contribution in [0.4, 0.5) is 0 Å². The fraction of sp³-hybridized carbons (Fsp3) is 0.357. The molecule has 2 heterocycles. The van der Waals surface area contributed by atoms with Crippen molar-refractivity contribution in [3.63, 3.8) is 0 Å². The van der Waals surface area contributed by atoms with Gasteiger partial charge in [-0.2, -0.15) is 0 Å². The van der Waals surface area contributed by atoms with Crippen molar-refractivity contribution in [1.82, 2.24) is 15.3 Å². The van der Waals surface area contributed by atoms with Crippen LogP contribution in [0.1, 0.15) is 22.6 Å². The molecule has 1 atom stereocenters. The van der Waals surface area contributed by atoms with Crippen LogP contribution in [0.15, 0.2) is 24.3 Å². The van der Waals surface area contributed by atoms with Crippen LogP contribution in [0.25, 0.3) is 11.0 Å². The molecule has 0 radical (unpaired) electrons. The Labute approximate surface area is 122 Å². The van der Waals surface area contributed by atoms with E-state index in [-0.39, 0.29) is 29.1 Å². The molecule has 1 aliphatic rings. The quantitative estimate of drug-likeness (QED) is 0.888. The van der Waals surface area contributed by atoms with Crippen LogP contribution >= 0.6 is 0 Å². The number of hydrogen-bond donors (Lipinski definition) is 1. The Morgan fingerprint density at radius 3 is 2.52 bits per heavy atom. The highest BCUT2D eigenvalue weighted by atomic mass is 32.2. The summed E-state index contributed by atoms with van der Waals surface area (Å²) in [6, 6.07) is 6.98. The molecule has 0 bridgehead atoms. The zero-order chi connectivity index (χ0) is 15.0. The molecular formula is C14H15N3O3S. The Hall–Kier alpha value is -2.02. The summed E-state index contributed by atoms with van der Waals surface area (Å²) in [5, 5.41) is 2.74. The standard InChI is InChI=1S/C14H15N3O3S/c1-9-13(17-12-5-3-2-4-11(12)15-9)14(18)16-10-6-7-21(19,20)8-10/h2-5,10H,6-8H2,1H3,(H,16,18). The number of carbonyl (C=O) groups is 1. The molecule has 3 rings (SSSR count). The minimum atomic E-state index is -3.02. The Morgan fingerprint density at radius 1 is 1.24 bits per heavy atom. The van der Waals surface area contributed by atoms with E-state index in [1.807, 2.05) is 18.2 Å². The molecule has 2 aromatic rings. The Morgan fingerprint density at radius 2 is 1.90 bits per heavy atom. The lowest BCUT2D eigenvalue weighted by molar-refractivity contribution is 0.0935. The Bertz CT molecular complexity index is 817. The third-order valence-electron chi connectivity index (χ3n) is 3.53. The maximum atomic E-state index is 12.3. The van der Waals surface area contributed by atoms with Gasteiger partial charge in [-0.25, -0.2) is 18.4 Å². The molecule has 0 spiro atoms. The highest BCUT2D eigenvalue weighted by Gasteiger charge is 2.29. The largest absolute Gasteiger partial charge is 0.347 e. The van der Waals surface area contributed by atoms with E-state index >= 15 is 0 Å². The second-order valence-electron chi connectivity index (χ2n) is 5.22. The predicted octanol–water partition coefficient (Wildman–Crippen LogP) is 0.855. The number of nitrogens with zero attached hydrogens (tertiary/aromatic N) is 2. The predicted molar refractivity (Wildman–Crippen MR) is 78.8 cm³/mol. The van der Waals surface area contributed by atoms with Crippen molar-refractivity contribution in [1.29, 1.82) is 0 Å². The molecule has 21 heavy (non-hydrogen) atoms. The molecule has 6 nitrogen and oxygen atoms in total. The van der Waals surface area contributed by atoms with E-state index in [4.69, 9.17) is 0 Å². The zero-order valence-corrected chi connectivity index (χ0v) is 12.4. The first-order valence-electron chi connectivity index (χ1n) is 6.69. The second-order valence-corrected chi connectivity index (χ2v) is 7.45. The van der Waals surface area contributed by atoms with Crippen molar-refractivity contribution in [2.45, 2.75) is 19.4 Å². The first-order valence-corrected chi connectivity index (χ1v) is 8.51. The van der Waals surface area contributed by atoms with Gasteiger partial charge in [0.05, 0.1) is 28.2 Å². The van der Waals surface area contributed by atoms with Gasteiger partial charge < -0.3 is 5.32 Å². The van der Waals surface area contributed by atoms with E-state index in [0.29, 0.717) is 17.6 Å². The zero-order valence-electron chi connectivity index (χ0n) is 11.5. The summed E-state index contributed by atoms with van der Waals surface area (Å²) in [6.45, 7) is 1.72. The van der Waals surface area contributed by atoms with Crippen LogP contribution in [-0.2, 0) is 9.84 Å². The van der Waals surface area contributed by atoms with Crippen molar-refractivity contribution in [2.24, 2.45) is 0 Å². The number of aromatic nitrogens is 2. The molecule has 1 N–H and O–H groups in total. The number of fused-ring (bicyclic) bond motifs is 1. The molecular weight excluding hydrogens is 290 g/mol. The fourth-order valence-corrected chi connectivity index (χ4v) is 4.14. The minimum absolute atomic E-state index is 0.00119. The van der Waals surface area contributed by atoms with Crippen molar-refractivity contribution in [3.05, 3.63) is 35.7 Å². The molecule has 1 amide bonds. The van der Waals surface area contributed by atoms with Crippen LogP contribution in [0.2, 0.25) is 0 Å². The summed E-state index contributed by atoms with van der Waals surface area (Å²) in [5.41, 5.74) is 2.16. The molecule has 110 valence electrons. The number of nitrogens with one attached hydrogen (secondary N) is 1. The highest BCUT2D eigenvalue weighted by molar-refractivity contribution is 7.91. The summed E-state index contributed by atoms with van der Waals surface area (Å²) in [6.07, 6.45) is 0.453. The van der Waals surface area contributed by atoms with E-state index < -0.39 is 9.84 Å². The third kappa shape index (κ3) is 2.87. The highest BCUT2D eigenvalue weighted by Crippen LogP contribution is 2.15. The summed E-state index contributed by atoms with van der Waals surface area (Å²) in [5.74, 6) is -0.244. The average Bonchev–Trinajstić information content (AvgIpc) is 2.77. The third-order valence-corrected chi connectivity index (χ3v) is 5.30.